The highest BCUT2D eigenvalue weighted by Gasteiger charge is 2.25. The summed E-state index contributed by atoms with van der Waals surface area (Å²) in [5, 5.41) is 0.360. The number of rotatable bonds is 4. The molecule has 1 aliphatic rings. The van der Waals surface area contributed by atoms with Crippen molar-refractivity contribution in [3.8, 4) is 0 Å². The fourth-order valence-corrected chi connectivity index (χ4v) is 3.99. The Morgan fingerprint density at radius 3 is 2.62 bits per heavy atom. The first kappa shape index (κ1) is 10.5. The van der Waals surface area contributed by atoms with E-state index >= 15 is 0 Å². The van der Waals surface area contributed by atoms with Crippen LogP contribution in [0.25, 0.3) is 0 Å². The number of nitrogens with zero attached hydrogens (tertiary/aromatic N) is 2. The third kappa shape index (κ3) is 3.79. The fraction of sp³-hybridized carbons (Fsp3) is 0.714. The van der Waals surface area contributed by atoms with Gasteiger partial charge < -0.3 is 0 Å². The zero-order valence-electron chi connectivity index (χ0n) is 6.80. The van der Waals surface area contributed by atoms with Crippen molar-refractivity contribution in [2.24, 2.45) is 9.98 Å². The van der Waals surface area contributed by atoms with E-state index in [0.29, 0.717) is 22.9 Å². The second kappa shape index (κ2) is 6.00. The Labute approximate surface area is 84.3 Å². The molecule has 1 saturated heterocycles. The Balaban J connectivity index is 2.27. The molecule has 2 unspecified atom stereocenters. The maximum Gasteiger partial charge on any atom is 0.235 e. The maximum atomic E-state index is 9.84. The van der Waals surface area contributed by atoms with Gasteiger partial charge in [-0.1, -0.05) is 0 Å². The largest absolute Gasteiger partial charge is 0.235 e. The first-order chi connectivity index (χ1) is 6.36. The van der Waals surface area contributed by atoms with Gasteiger partial charge in [-0.3, -0.25) is 0 Å². The average molecular weight is 216 g/mol. The van der Waals surface area contributed by atoms with Gasteiger partial charge in [-0.2, -0.15) is 0 Å². The lowest BCUT2D eigenvalue weighted by Gasteiger charge is -2.03. The van der Waals surface area contributed by atoms with Gasteiger partial charge in [0, 0.05) is 11.0 Å². The molecule has 1 heterocycles. The summed E-state index contributed by atoms with van der Waals surface area (Å²) < 4.78 is 0.313. The van der Waals surface area contributed by atoms with E-state index in [1.54, 1.807) is 23.5 Å². The Kier molecular flexibility index (Phi) is 4.86. The predicted octanol–water partition coefficient (Wildman–Crippen LogP) is 0.833. The number of thioether (sulfide) groups is 2. The van der Waals surface area contributed by atoms with Crippen LogP contribution in [0.5, 0.6) is 0 Å². The van der Waals surface area contributed by atoms with Gasteiger partial charge in [0.2, 0.25) is 12.2 Å². The van der Waals surface area contributed by atoms with Gasteiger partial charge in [0.1, 0.15) is 0 Å². The normalized spacial score (nSPS) is 26.2. The lowest BCUT2D eigenvalue weighted by molar-refractivity contribution is 0.562. The minimum Gasteiger partial charge on any atom is -0.211 e. The van der Waals surface area contributed by atoms with E-state index in [4.69, 9.17) is 0 Å². The predicted molar refractivity (Wildman–Crippen MR) is 53.6 cm³/mol. The van der Waals surface area contributed by atoms with Crippen LogP contribution in [0.3, 0.4) is 0 Å². The molecule has 0 bridgehead atoms. The molecule has 4 nitrogen and oxygen atoms in total. The summed E-state index contributed by atoms with van der Waals surface area (Å²) in [6.45, 7) is 1.02. The summed E-state index contributed by atoms with van der Waals surface area (Å²) in [5.74, 6) is 0.953. The highest BCUT2D eigenvalue weighted by atomic mass is 32.2. The van der Waals surface area contributed by atoms with Crippen LogP contribution >= 0.6 is 23.5 Å². The molecule has 0 aliphatic carbocycles. The Hall–Kier alpha value is -0.540. The second-order valence-corrected chi connectivity index (χ2v) is 5.43. The van der Waals surface area contributed by atoms with E-state index in [0.717, 1.165) is 5.75 Å². The highest BCUT2D eigenvalue weighted by Crippen LogP contribution is 2.37. The minimum absolute atomic E-state index is 0.313. The number of hydrogen-bond donors (Lipinski definition) is 0. The Morgan fingerprint density at radius 1 is 1.23 bits per heavy atom. The number of hydrogen-bond acceptors (Lipinski definition) is 6. The van der Waals surface area contributed by atoms with E-state index in [1.807, 2.05) is 0 Å². The van der Waals surface area contributed by atoms with Crippen LogP contribution in [0.1, 0.15) is 0 Å². The van der Waals surface area contributed by atoms with Gasteiger partial charge >= 0.3 is 0 Å². The zero-order chi connectivity index (χ0) is 9.52. The van der Waals surface area contributed by atoms with Crippen LogP contribution in [0, 0.1) is 0 Å². The molecule has 6 heteroatoms. The molecule has 0 radical (unpaired) electrons. The molecule has 1 fully saturated rings. The van der Waals surface area contributed by atoms with Gasteiger partial charge in [0.05, 0.1) is 17.7 Å². The molecular formula is C7H8N2O2S2. The first-order valence-corrected chi connectivity index (χ1v) is 5.70. The molecule has 0 amide bonds. The first-order valence-electron chi connectivity index (χ1n) is 3.71. The fourth-order valence-electron chi connectivity index (χ4n) is 0.950. The maximum absolute atomic E-state index is 9.84. The van der Waals surface area contributed by atoms with E-state index in [-0.39, 0.29) is 0 Å². The average Bonchev–Trinajstić information content (AvgIpc) is 2.59. The number of carbonyl (C=O) groups excluding carboxylic acids is 2. The molecule has 1 rings (SSSR count). The lowest BCUT2D eigenvalue weighted by Crippen LogP contribution is -2.06. The SMILES string of the molecule is O=C=NCC1CSC(CN=C=O)S1. The summed E-state index contributed by atoms with van der Waals surface area (Å²) in [4.78, 5) is 26.7. The molecule has 1 aliphatic heterocycles. The van der Waals surface area contributed by atoms with Gasteiger partial charge in [-0.05, 0) is 0 Å². The van der Waals surface area contributed by atoms with Crippen molar-refractivity contribution in [3.05, 3.63) is 0 Å². The topological polar surface area (TPSA) is 58.9 Å². The van der Waals surface area contributed by atoms with Crippen LogP contribution < -0.4 is 0 Å². The molecular weight excluding hydrogens is 208 g/mol. The molecule has 0 saturated carbocycles. The molecule has 13 heavy (non-hydrogen) atoms. The second-order valence-electron chi connectivity index (χ2n) is 2.38. The molecule has 70 valence electrons. The van der Waals surface area contributed by atoms with Crippen molar-refractivity contribution in [1.29, 1.82) is 0 Å². The quantitative estimate of drug-likeness (QED) is 0.516. The van der Waals surface area contributed by atoms with Crippen LogP contribution in [0.4, 0.5) is 0 Å². The van der Waals surface area contributed by atoms with Crippen LogP contribution in [-0.2, 0) is 9.59 Å². The molecule has 2 atom stereocenters. The van der Waals surface area contributed by atoms with E-state index in [2.05, 4.69) is 9.98 Å². The van der Waals surface area contributed by atoms with Crippen molar-refractivity contribution in [3.63, 3.8) is 0 Å². The van der Waals surface area contributed by atoms with Crippen LogP contribution in [-0.4, -0.2) is 40.8 Å². The smallest absolute Gasteiger partial charge is 0.211 e. The Bertz CT molecular complexity index is 233. The van der Waals surface area contributed by atoms with Crippen molar-refractivity contribution >= 4 is 35.7 Å². The monoisotopic (exact) mass is 216 g/mol. The summed E-state index contributed by atoms with van der Waals surface area (Å²) in [6.07, 6.45) is 3.03. The van der Waals surface area contributed by atoms with Gasteiger partial charge in [-0.25, -0.2) is 19.6 Å². The summed E-state index contributed by atoms with van der Waals surface area (Å²) in [6, 6.07) is 0. The summed E-state index contributed by atoms with van der Waals surface area (Å²) >= 11 is 3.45. The van der Waals surface area contributed by atoms with Crippen LogP contribution in [0.2, 0.25) is 0 Å². The molecule has 0 N–H and O–H groups in total. The molecule has 0 aromatic carbocycles. The molecule has 0 aromatic rings. The van der Waals surface area contributed by atoms with Crippen LogP contribution in [0.15, 0.2) is 9.98 Å². The third-order valence-corrected chi connectivity index (χ3v) is 4.70. The zero-order valence-corrected chi connectivity index (χ0v) is 8.44. The Morgan fingerprint density at radius 2 is 1.92 bits per heavy atom. The summed E-state index contributed by atoms with van der Waals surface area (Å²) in [5.41, 5.74) is 0. The van der Waals surface area contributed by atoms with Gasteiger partial charge in [-0.15, -0.1) is 23.5 Å². The van der Waals surface area contributed by atoms with E-state index in [9.17, 15) is 9.59 Å². The van der Waals surface area contributed by atoms with Crippen molar-refractivity contribution in [2.75, 3.05) is 18.8 Å². The van der Waals surface area contributed by atoms with E-state index < -0.39 is 0 Å². The number of isocyanates is 2. The van der Waals surface area contributed by atoms with Crippen molar-refractivity contribution in [2.45, 2.75) is 9.83 Å². The lowest BCUT2D eigenvalue weighted by atomic mass is 10.5. The van der Waals surface area contributed by atoms with E-state index in [1.165, 1.54) is 12.2 Å². The standard InChI is InChI=1S/C7H8N2O2S2/c10-4-8-1-6-3-12-7(13-6)2-9-5-11/h6-7H,1-3H2. The summed E-state index contributed by atoms with van der Waals surface area (Å²) in [7, 11) is 0. The van der Waals surface area contributed by atoms with Gasteiger partial charge in [0.25, 0.3) is 0 Å². The third-order valence-electron chi connectivity index (χ3n) is 1.48. The molecule has 0 aromatic heterocycles. The van der Waals surface area contributed by atoms with Gasteiger partial charge in [0.15, 0.2) is 0 Å². The van der Waals surface area contributed by atoms with Crippen molar-refractivity contribution in [1.82, 2.24) is 0 Å². The van der Waals surface area contributed by atoms with Crippen molar-refractivity contribution < 1.29 is 9.59 Å². The highest BCUT2D eigenvalue weighted by molar-refractivity contribution is 8.20. The molecule has 0 spiro atoms. The minimum atomic E-state index is 0.313. The number of aliphatic imine (C=N–C) groups is 2.